The Kier molecular flexibility index (Phi) is 5.37. The van der Waals surface area contributed by atoms with Crippen molar-refractivity contribution in [1.29, 1.82) is 0 Å². The summed E-state index contributed by atoms with van der Waals surface area (Å²) in [5.74, 6) is 0.829. The number of carbonyl (C=O) groups is 1. The first-order valence-electron chi connectivity index (χ1n) is 7.31. The summed E-state index contributed by atoms with van der Waals surface area (Å²) < 4.78 is 6.67. The minimum absolute atomic E-state index is 0.0916. The fraction of sp³-hybridized carbons (Fsp3) is 0.111. The Bertz CT molecular complexity index is 846. The SMILES string of the molecule is Cc1ccc(NC(=O)CSc2ncc(-c3cccc(Br)c3)o2)cc1. The van der Waals surface area contributed by atoms with E-state index < -0.39 is 0 Å². The number of hydrogen-bond acceptors (Lipinski definition) is 4. The highest BCUT2D eigenvalue weighted by atomic mass is 79.9. The fourth-order valence-corrected chi connectivity index (χ4v) is 3.06. The second-order valence-electron chi connectivity index (χ2n) is 5.20. The van der Waals surface area contributed by atoms with Gasteiger partial charge < -0.3 is 9.73 Å². The first-order valence-corrected chi connectivity index (χ1v) is 9.09. The van der Waals surface area contributed by atoms with E-state index in [1.165, 1.54) is 11.8 Å². The normalized spacial score (nSPS) is 10.6. The van der Waals surface area contributed by atoms with Gasteiger partial charge in [-0.3, -0.25) is 4.79 Å². The van der Waals surface area contributed by atoms with Gasteiger partial charge in [0.1, 0.15) is 0 Å². The smallest absolute Gasteiger partial charge is 0.256 e. The van der Waals surface area contributed by atoms with Crippen LogP contribution in [0.4, 0.5) is 5.69 Å². The summed E-state index contributed by atoms with van der Waals surface area (Å²) in [7, 11) is 0. The van der Waals surface area contributed by atoms with Gasteiger partial charge in [0.2, 0.25) is 5.91 Å². The van der Waals surface area contributed by atoms with Crippen molar-refractivity contribution < 1.29 is 9.21 Å². The standard InChI is InChI=1S/C18H15BrN2O2S/c1-12-5-7-15(8-6-12)21-17(22)11-24-18-20-10-16(23-18)13-3-2-4-14(19)9-13/h2-10H,11H2,1H3,(H,21,22). The maximum atomic E-state index is 12.0. The van der Waals surface area contributed by atoms with Gasteiger partial charge in [-0.2, -0.15) is 0 Å². The van der Waals surface area contributed by atoms with Gasteiger partial charge >= 0.3 is 0 Å². The van der Waals surface area contributed by atoms with Gasteiger partial charge in [-0.25, -0.2) is 4.98 Å². The highest BCUT2D eigenvalue weighted by Crippen LogP contribution is 2.27. The van der Waals surface area contributed by atoms with Crippen molar-refractivity contribution in [2.45, 2.75) is 12.1 Å². The molecule has 122 valence electrons. The molecule has 0 fully saturated rings. The van der Waals surface area contributed by atoms with Crippen LogP contribution in [0.2, 0.25) is 0 Å². The molecule has 2 aromatic carbocycles. The van der Waals surface area contributed by atoms with Crippen molar-refractivity contribution in [3.63, 3.8) is 0 Å². The Morgan fingerprint density at radius 2 is 2.04 bits per heavy atom. The molecule has 0 unspecified atom stereocenters. The lowest BCUT2D eigenvalue weighted by molar-refractivity contribution is -0.113. The van der Waals surface area contributed by atoms with Crippen molar-refractivity contribution in [2.75, 3.05) is 11.1 Å². The van der Waals surface area contributed by atoms with E-state index >= 15 is 0 Å². The Labute approximate surface area is 152 Å². The van der Waals surface area contributed by atoms with Crippen LogP contribution in [0.1, 0.15) is 5.56 Å². The lowest BCUT2D eigenvalue weighted by Crippen LogP contribution is -2.13. The van der Waals surface area contributed by atoms with Crippen LogP contribution in [0.15, 0.2) is 68.8 Å². The van der Waals surface area contributed by atoms with Crippen molar-refractivity contribution in [2.24, 2.45) is 0 Å². The number of nitrogens with one attached hydrogen (secondary N) is 1. The summed E-state index contributed by atoms with van der Waals surface area (Å²) in [6, 6.07) is 15.5. The molecule has 0 spiro atoms. The van der Waals surface area contributed by atoms with Gasteiger partial charge in [0, 0.05) is 15.7 Å². The molecule has 1 N–H and O–H groups in total. The van der Waals surface area contributed by atoms with E-state index in [0.717, 1.165) is 21.3 Å². The van der Waals surface area contributed by atoms with E-state index in [9.17, 15) is 4.79 Å². The Hall–Kier alpha value is -2.05. The van der Waals surface area contributed by atoms with E-state index in [1.807, 2.05) is 55.5 Å². The van der Waals surface area contributed by atoms with E-state index in [-0.39, 0.29) is 11.7 Å². The van der Waals surface area contributed by atoms with E-state index in [0.29, 0.717) is 11.0 Å². The quantitative estimate of drug-likeness (QED) is 0.599. The van der Waals surface area contributed by atoms with Gasteiger partial charge in [0.15, 0.2) is 5.76 Å². The highest BCUT2D eigenvalue weighted by Gasteiger charge is 2.10. The number of nitrogens with zero attached hydrogens (tertiary/aromatic N) is 1. The maximum absolute atomic E-state index is 12.0. The molecule has 24 heavy (non-hydrogen) atoms. The summed E-state index contributed by atoms with van der Waals surface area (Å²) in [5, 5.41) is 3.33. The number of benzene rings is 2. The Morgan fingerprint density at radius 3 is 2.79 bits per heavy atom. The lowest BCUT2D eigenvalue weighted by Gasteiger charge is -2.04. The van der Waals surface area contributed by atoms with Crippen molar-refractivity contribution in [3.05, 3.63) is 64.8 Å². The molecule has 0 radical (unpaired) electrons. The van der Waals surface area contributed by atoms with E-state index in [2.05, 4.69) is 26.2 Å². The topological polar surface area (TPSA) is 55.1 Å². The van der Waals surface area contributed by atoms with Gasteiger partial charge in [-0.15, -0.1) is 0 Å². The number of aromatic nitrogens is 1. The zero-order chi connectivity index (χ0) is 16.9. The molecule has 0 atom stereocenters. The first kappa shape index (κ1) is 16.8. The predicted molar refractivity (Wildman–Crippen MR) is 100 cm³/mol. The molecular weight excluding hydrogens is 388 g/mol. The summed E-state index contributed by atoms with van der Waals surface area (Å²) in [6.45, 7) is 2.01. The first-order chi connectivity index (χ1) is 11.6. The number of halogens is 1. The second-order valence-corrected chi connectivity index (χ2v) is 7.05. The molecule has 0 aliphatic carbocycles. The van der Waals surface area contributed by atoms with Crippen LogP contribution in [0, 0.1) is 6.92 Å². The summed E-state index contributed by atoms with van der Waals surface area (Å²) in [5.41, 5.74) is 2.88. The summed E-state index contributed by atoms with van der Waals surface area (Å²) >= 11 is 4.70. The van der Waals surface area contributed by atoms with Gasteiger partial charge in [-0.1, -0.05) is 57.5 Å². The number of hydrogen-bond donors (Lipinski definition) is 1. The monoisotopic (exact) mass is 402 g/mol. The minimum Gasteiger partial charge on any atom is -0.431 e. The zero-order valence-corrected chi connectivity index (χ0v) is 15.4. The molecule has 6 heteroatoms. The zero-order valence-electron chi connectivity index (χ0n) is 13.0. The highest BCUT2D eigenvalue weighted by molar-refractivity contribution is 9.10. The molecule has 0 bridgehead atoms. The van der Waals surface area contributed by atoms with Crippen LogP contribution in [0.3, 0.4) is 0 Å². The number of carbonyl (C=O) groups excluding carboxylic acids is 1. The maximum Gasteiger partial charge on any atom is 0.256 e. The predicted octanol–water partition coefficient (Wildman–Crippen LogP) is 5.14. The second kappa shape index (κ2) is 7.68. The number of rotatable bonds is 5. The fourth-order valence-electron chi connectivity index (χ4n) is 2.06. The average molecular weight is 403 g/mol. The van der Waals surface area contributed by atoms with Crippen molar-refractivity contribution >= 4 is 39.3 Å². The largest absolute Gasteiger partial charge is 0.431 e. The van der Waals surface area contributed by atoms with Crippen molar-refractivity contribution in [1.82, 2.24) is 4.98 Å². The molecule has 0 aliphatic rings. The third-order valence-corrected chi connectivity index (χ3v) is 4.59. The van der Waals surface area contributed by atoms with E-state index in [4.69, 9.17) is 4.42 Å². The molecule has 3 aromatic rings. The van der Waals surface area contributed by atoms with Crippen molar-refractivity contribution in [3.8, 4) is 11.3 Å². The van der Waals surface area contributed by atoms with Crippen LogP contribution in [-0.4, -0.2) is 16.6 Å². The molecule has 0 saturated heterocycles. The Balaban J connectivity index is 1.57. The number of amides is 1. The van der Waals surface area contributed by atoms with Crippen LogP contribution in [0.5, 0.6) is 0 Å². The van der Waals surface area contributed by atoms with Gasteiger partial charge in [-0.05, 0) is 31.2 Å². The third kappa shape index (κ3) is 4.49. The summed E-state index contributed by atoms with van der Waals surface area (Å²) in [4.78, 5) is 16.2. The third-order valence-electron chi connectivity index (χ3n) is 3.26. The van der Waals surface area contributed by atoms with E-state index in [1.54, 1.807) is 6.20 Å². The molecular formula is C18H15BrN2O2S. The summed E-state index contributed by atoms with van der Waals surface area (Å²) in [6.07, 6.45) is 1.67. The van der Waals surface area contributed by atoms with Crippen LogP contribution < -0.4 is 5.32 Å². The van der Waals surface area contributed by atoms with Crippen LogP contribution in [0.25, 0.3) is 11.3 Å². The molecule has 1 aromatic heterocycles. The number of aryl methyl sites for hydroxylation is 1. The Morgan fingerprint density at radius 1 is 1.25 bits per heavy atom. The molecule has 1 amide bonds. The molecule has 1 heterocycles. The van der Waals surface area contributed by atoms with Crippen LogP contribution >= 0.6 is 27.7 Å². The molecule has 3 rings (SSSR count). The number of anilines is 1. The average Bonchev–Trinajstić information content (AvgIpc) is 3.04. The van der Waals surface area contributed by atoms with Gasteiger partial charge in [0.05, 0.1) is 11.9 Å². The van der Waals surface area contributed by atoms with Gasteiger partial charge in [0.25, 0.3) is 5.22 Å². The number of thioether (sulfide) groups is 1. The molecule has 0 aliphatic heterocycles. The molecule has 4 nitrogen and oxygen atoms in total. The lowest BCUT2D eigenvalue weighted by atomic mass is 10.2. The molecule has 0 saturated carbocycles. The minimum atomic E-state index is -0.0916. The number of oxazole rings is 1. The van der Waals surface area contributed by atoms with Crippen LogP contribution in [-0.2, 0) is 4.79 Å².